The summed E-state index contributed by atoms with van der Waals surface area (Å²) in [5.41, 5.74) is 4.20. The molecular weight excluding hydrogens is 248 g/mol. The molecule has 0 aromatic heterocycles. The number of hydrogen-bond donors (Lipinski definition) is 2. The van der Waals surface area contributed by atoms with E-state index in [1.807, 2.05) is 0 Å². The van der Waals surface area contributed by atoms with Crippen molar-refractivity contribution >= 4 is 18.1 Å². The molecule has 1 saturated heterocycles. The zero-order chi connectivity index (χ0) is 11.5. The second-order valence-electron chi connectivity index (χ2n) is 4.89. The molecule has 18 heavy (non-hydrogen) atoms. The maximum Gasteiger partial charge on any atom is 0.0700 e. The molecule has 1 unspecified atom stereocenters. The molecule has 2 aliphatic heterocycles. The summed E-state index contributed by atoms with van der Waals surface area (Å²) in [4.78, 5) is 0. The van der Waals surface area contributed by atoms with Crippen molar-refractivity contribution in [1.82, 2.24) is 5.32 Å². The molecule has 0 saturated carbocycles. The van der Waals surface area contributed by atoms with E-state index in [1.54, 1.807) is 0 Å². The Hall–Kier alpha value is -0.770. The van der Waals surface area contributed by atoms with Crippen LogP contribution in [0.3, 0.4) is 0 Å². The van der Waals surface area contributed by atoms with Crippen LogP contribution in [0.25, 0.3) is 0 Å². The third-order valence-corrected chi connectivity index (χ3v) is 3.64. The van der Waals surface area contributed by atoms with Crippen molar-refractivity contribution in [3.05, 3.63) is 29.3 Å². The van der Waals surface area contributed by atoms with Gasteiger partial charge in [-0.3, -0.25) is 0 Å². The minimum absolute atomic E-state index is 0. The Kier molecular flexibility index (Phi) is 4.87. The lowest BCUT2D eigenvalue weighted by Gasteiger charge is -2.13. The summed E-state index contributed by atoms with van der Waals surface area (Å²) in [5, 5.41) is 6.98. The molecule has 0 spiro atoms. The van der Waals surface area contributed by atoms with Crippen molar-refractivity contribution < 1.29 is 4.74 Å². The smallest absolute Gasteiger partial charge is 0.0700 e. The van der Waals surface area contributed by atoms with E-state index >= 15 is 0 Å². The van der Waals surface area contributed by atoms with Gasteiger partial charge < -0.3 is 15.4 Å². The highest BCUT2D eigenvalue weighted by molar-refractivity contribution is 5.85. The molecule has 2 N–H and O–H groups in total. The van der Waals surface area contributed by atoms with E-state index < -0.39 is 0 Å². The van der Waals surface area contributed by atoms with Gasteiger partial charge >= 0.3 is 0 Å². The maximum absolute atomic E-state index is 5.61. The topological polar surface area (TPSA) is 33.3 Å². The van der Waals surface area contributed by atoms with Crippen LogP contribution >= 0.6 is 12.4 Å². The number of halogens is 1. The highest BCUT2D eigenvalue weighted by Crippen LogP contribution is 2.26. The standard InChI is InChI=1S/C14H20N2O.ClH/c1-3-11-6-7-16-14(11)12(4-1)9-15-10-13-5-2-8-17-13;/h1,3-4,13,15-16H,2,5-10H2;1H. The Bertz CT molecular complexity index is 391. The zero-order valence-electron chi connectivity index (χ0n) is 10.6. The van der Waals surface area contributed by atoms with Crippen LogP contribution in [0.2, 0.25) is 0 Å². The number of rotatable bonds is 4. The number of hydrogen-bond acceptors (Lipinski definition) is 3. The Morgan fingerprint density at radius 2 is 2.33 bits per heavy atom. The minimum Gasteiger partial charge on any atom is -0.384 e. The van der Waals surface area contributed by atoms with Gasteiger partial charge in [0.15, 0.2) is 0 Å². The molecule has 0 amide bonds. The summed E-state index contributed by atoms with van der Waals surface area (Å²) < 4.78 is 5.61. The molecule has 1 aromatic carbocycles. The summed E-state index contributed by atoms with van der Waals surface area (Å²) in [6.07, 6.45) is 4.02. The van der Waals surface area contributed by atoms with E-state index in [-0.39, 0.29) is 12.4 Å². The number of ether oxygens (including phenoxy) is 1. The molecule has 3 nitrogen and oxygen atoms in total. The average molecular weight is 269 g/mol. The van der Waals surface area contributed by atoms with E-state index in [0.29, 0.717) is 6.10 Å². The molecule has 1 fully saturated rings. The first-order chi connectivity index (χ1) is 8.43. The van der Waals surface area contributed by atoms with Crippen LogP contribution in [-0.2, 0) is 17.7 Å². The number of anilines is 1. The van der Waals surface area contributed by atoms with E-state index in [9.17, 15) is 0 Å². The number of para-hydroxylation sites is 1. The van der Waals surface area contributed by atoms with E-state index in [4.69, 9.17) is 4.74 Å². The zero-order valence-corrected chi connectivity index (χ0v) is 11.4. The largest absolute Gasteiger partial charge is 0.384 e. The molecule has 4 heteroatoms. The number of fused-ring (bicyclic) bond motifs is 1. The van der Waals surface area contributed by atoms with Crippen LogP contribution in [0.4, 0.5) is 5.69 Å². The summed E-state index contributed by atoms with van der Waals surface area (Å²) in [6.45, 7) is 3.94. The predicted octanol–water partition coefficient (Wildman–Crippen LogP) is 2.35. The normalized spacial score (nSPS) is 21.2. The van der Waals surface area contributed by atoms with Crippen molar-refractivity contribution in [2.45, 2.75) is 31.9 Å². The van der Waals surface area contributed by atoms with Gasteiger partial charge in [0, 0.05) is 31.9 Å². The van der Waals surface area contributed by atoms with Gasteiger partial charge in [0.05, 0.1) is 6.10 Å². The van der Waals surface area contributed by atoms with Crippen molar-refractivity contribution in [1.29, 1.82) is 0 Å². The minimum atomic E-state index is 0. The molecule has 0 aliphatic carbocycles. The molecule has 2 aliphatic rings. The second-order valence-corrected chi connectivity index (χ2v) is 4.89. The summed E-state index contributed by atoms with van der Waals surface area (Å²) >= 11 is 0. The first-order valence-corrected chi connectivity index (χ1v) is 6.60. The third kappa shape index (κ3) is 2.97. The van der Waals surface area contributed by atoms with Crippen LogP contribution in [-0.4, -0.2) is 25.8 Å². The van der Waals surface area contributed by atoms with Crippen LogP contribution in [0.15, 0.2) is 18.2 Å². The van der Waals surface area contributed by atoms with E-state index in [2.05, 4.69) is 28.8 Å². The van der Waals surface area contributed by atoms with E-state index in [1.165, 1.54) is 29.7 Å². The average Bonchev–Trinajstić information content (AvgIpc) is 2.99. The Morgan fingerprint density at radius 3 is 3.17 bits per heavy atom. The second kappa shape index (κ2) is 6.41. The van der Waals surface area contributed by atoms with Gasteiger partial charge in [0.1, 0.15) is 0 Å². The van der Waals surface area contributed by atoms with Gasteiger partial charge in [0.2, 0.25) is 0 Å². The highest BCUT2D eigenvalue weighted by Gasteiger charge is 2.16. The molecule has 0 bridgehead atoms. The third-order valence-electron chi connectivity index (χ3n) is 3.64. The highest BCUT2D eigenvalue weighted by atomic mass is 35.5. The quantitative estimate of drug-likeness (QED) is 0.880. The lowest BCUT2D eigenvalue weighted by molar-refractivity contribution is 0.110. The van der Waals surface area contributed by atoms with Crippen LogP contribution in [0.1, 0.15) is 24.0 Å². The fraction of sp³-hybridized carbons (Fsp3) is 0.571. The Labute approximate surface area is 115 Å². The first kappa shape index (κ1) is 13.7. The fourth-order valence-corrected chi connectivity index (χ4v) is 2.73. The maximum atomic E-state index is 5.61. The molecule has 1 aromatic rings. The van der Waals surface area contributed by atoms with Crippen LogP contribution in [0, 0.1) is 0 Å². The predicted molar refractivity (Wildman–Crippen MR) is 76.6 cm³/mol. The monoisotopic (exact) mass is 268 g/mol. The summed E-state index contributed by atoms with van der Waals surface area (Å²) in [5.74, 6) is 0. The van der Waals surface area contributed by atoms with Gasteiger partial charge in [-0.2, -0.15) is 0 Å². The van der Waals surface area contributed by atoms with Crippen molar-refractivity contribution in [2.24, 2.45) is 0 Å². The molecular formula is C14H21ClN2O. The van der Waals surface area contributed by atoms with E-state index in [0.717, 1.165) is 32.7 Å². The van der Waals surface area contributed by atoms with Crippen LogP contribution < -0.4 is 10.6 Å². The molecule has 1 atom stereocenters. The van der Waals surface area contributed by atoms with Gasteiger partial charge in [-0.05, 0) is 30.4 Å². The van der Waals surface area contributed by atoms with Crippen LogP contribution in [0.5, 0.6) is 0 Å². The molecule has 3 rings (SSSR count). The number of nitrogens with one attached hydrogen (secondary N) is 2. The van der Waals surface area contributed by atoms with Crippen molar-refractivity contribution in [2.75, 3.05) is 25.0 Å². The number of benzene rings is 1. The Balaban J connectivity index is 0.00000120. The SMILES string of the molecule is Cl.c1cc2c(c(CNCC3CCCO3)c1)NCC2. The molecule has 0 radical (unpaired) electrons. The van der Waals surface area contributed by atoms with Gasteiger partial charge in [-0.25, -0.2) is 0 Å². The molecule has 2 heterocycles. The van der Waals surface area contributed by atoms with Gasteiger partial charge in [-0.1, -0.05) is 18.2 Å². The van der Waals surface area contributed by atoms with Crippen molar-refractivity contribution in [3.63, 3.8) is 0 Å². The summed E-state index contributed by atoms with van der Waals surface area (Å²) in [6, 6.07) is 6.59. The lowest BCUT2D eigenvalue weighted by atomic mass is 10.1. The van der Waals surface area contributed by atoms with Gasteiger partial charge in [-0.15, -0.1) is 12.4 Å². The van der Waals surface area contributed by atoms with Crippen molar-refractivity contribution in [3.8, 4) is 0 Å². The lowest BCUT2D eigenvalue weighted by Crippen LogP contribution is -2.26. The first-order valence-electron chi connectivity index (χ1n) is 6.60. The van der Waals surface area contributed by atoms with Gasteiger partial charge in [0.25, 0.3) is 0 Å². The fourth-order valence-electron chi connectivity index (χ4n) is 2.73. The summed E-state index contributed by atoms with van der Waals surface area (Å²) in [7, 11) is 0. The molecule has 100 valence electrons. The Morgan fingerprint density at radius 1 is 1.39 bits per heavy atom.